The minimum absolute atomic E-state index is 0.808. The third kappa shape index (κ3) is 32.0. The molecule has 324 valence electrons. The zero-order valence-electron chi connectivity index (χ0n) is 37.1. The highest BCUT2D eigenvalue weighted by atomic mass is 32.3. The van der Waals surface area contributed by atoms with Crippen molar-refractivity contribution in [3.05, 3.63) is 48.8 Å². The summed E-state index contributed by atoms with van der Waals surface area (Å²) >= 11 is 0. The van der Waals surface area contributed by atoms with E-state index in [-0.39, 0.29) is 0 Å². The molecule has 1 aromatic heterocycles. The largest absolute Gasteiger partial charge is 0.726 e. The molecule has 0 radical (unpaired) electrons. The molecule has 0 spiro atoms. The lowest BCUT2D eigenvalue weighted by atomic mass is 10.0. The SMILES string of the molecule is CCCCCCCCCCCCCCCCCCN(CCCCCCCCCCCCCCCCCC)c1ccc(-c2cc[n+](C)cc2)cc1.COS(=O)(=O)[O-]. The molecule has 0 unspecified atom stereocenters. The molecule has 0 fully saturated rings. The summed E-state index contributed by atoms with van der Waals surface area (Å²) in [5.74, 6) is 0. The van der Waals surface area contributed by atoms with E-state index in [1.165, 1.54) is 235 Å². The Balaban J connectivity index is 0.00000241. The molecule has 56 heavy (non-hydrogen) atoms. The van der Waals surface area contributed by atoms with Crippen molar-refractivity contribution in [2.24, 2.45) is 7.05 Å². The maximum Gasteiger partial charge on any atom is 0.217 e. The van der Waals surface area contributed by atoms with E-state index < -0.39 is 10.4 Å². The Labute approximate surface area is 348 Å². The second-order valence-electron chi connectivity index (χ2n) is 16.5. The summed E-state index contributed by atoms with van der Waals surface area (Å²) in [6, 6.07) is 13.9. The molecule has 6 nitrogen and oxygen atoms in total. The Morgan fingerprint density at radius 2 is 0.714 bits per heavy atom. The summed E-state index contributed by atoms with van der Waals surface area (Å²) in [5.41, 5.74) is 4.04. The zero-order chi connectivity index (χ0) is 40.8. The molecule has 0 atom stereocenters. The van der Waals surface area contributed by atoms with Gasteiger partial charge in [0, 0.05) is 30.9 Å². The molecule has 1 aromatic carbocycles. The lowest BCUT2D eigenvalue weighted by Crippen LogP contribution is -2.26. The van der Waals surface area contributed by atoms with Gasteiger partial charge in [-0.15, -0.1) is 0 Å². The zero-order valence-corrected chi connectivity index (χ0v) is 37.9. The molecule has 2 aromatic rings. The number of pyridine rings is 1. The first kappa shape index (κ1) is 52.1. The molecule has 0 N–H and O–H groups in total. The van der Waals surface area contributed by atoms with Crippen molar-refractivity contribution in [1.82, 2.24) is 0 Å². The lowest BCUT2D eigenvalue weighted by Gasteiger charge is -2.25. The van der Waals surface area contributed by atoms with Gasteiger partial charge in [-0.25, -0.2) is 13.0 Å². The third-order valence-electron chi connectivity index (χ3n) is 11.3. The molecule has 1 heterocycles. The highest BCUT2D eigenvalue weighted by Crippen LogP contribution is 2.24. The smallest absolute Gasteiger partial charge is 0.217 e. The van der Waals surface area contributed by atoms with Gasteiger partial charge in [-0.05, 0) is 36.1 Å². The van der Waals surface area contributed by atoms with Crippen LogP contribution in [-0.4, -0.2) is 33.2 Å². The van der Waals surface area contributed by atoms with E-state index in [0.717, 1.165) is 7.11 Å². The van der Waals surface area contributed by atoms with E-state index in [2.05, 4.69) is 83.3 Å². The number of aryl methyl sites for hydroxylation is 1. The summed E-state index contributed by atoms with van der Waals surface area (Å²) in [6.45, 7) is 7.03. The van der Waals surface area contributed by atoms with Crippen molar-refractivity contribution < 1.29 is 21.7 Å². The Morgan fingerprint density at radius 1 is 0.464 bits per heavy atom. The number of nitrogens with zero attached hydrogens (tertiary/aromatic N) is 2. The van der Waals surface area contributed by atoms with Crippen LogP contribution in [0.2, 0.25) is 0 Å². The van der Waals surface area contributed by atoms with E-state index in [9.17, 15) is 13.0 Å². The van der Waals surface area contributed by atoms with Crippen LogP contribution in [-0.2, 0) is 21.6 Å². The predicted octanol–water partition coefficient (Wildman–Crippen LogP) is 14.6. The lowest BCUT2D eigenvalue weighted by molar-refractivity contribution is -0.671. The Bertz CT molecular complexity index is 1180. The highest BCUT2D eigenvalue weighted by Gasteiger charge is 2.08. The Kier molecular flexibility index (Phi) is 34.7. The summed E-state index contributed by atoms with van der Waals surface area (Å²) in [7, 11) is -1.52. The number of hydrogen-bond donors (Lipinski definition) is 0. The number of benzene rings is 1. The monoisotopic (exact) mass is 801 g/mol. The summed E-state index contributed by atoms with van der Waals surface area (Å²) < 4.78 is 33.1. The van der Waals surface area contributed by atoms with Crippen molar-refractivity contribution >= 4 is 16.1 Å². The number of aromatic nitrogens is 1. The Morgan fingerprint density at radius 3 is 0.982 bits per heavy atom. The fourth-order valence-corrected chi connectivity index (χ4v) is 7.63. The van der Waals surface area contributed by atoms with Crippen LogP contribution in [0.3, 0.4) is 0 Å². The van der Waals surface area contributed by atoms with Crippen molar-refractivity contribution in [2.45, 2.75) is 219 Å². The fourth-order valence-electron chi connectivity index (χ4n) is 7.63. The van der Waals surface area contributed by atoms with Crippen LogP contribution in [0.1, 0.15) is 219 Å². The van der Waals surface area contributed by atoms with Gasteiger partial charge in [-0.3, -0.25) is 4.18 Å². The van der Waals surface area contributed by atoms with Gasteiger partial charge in [0.25, 0.3) is 0 Å². The first-order chi connectivity index (χ1) is 27.3. The quantitative estimate of drug-likeness (QED) is 0.0294. The van der Waals surface area contributed by atoms with E-state index in [0.29, 0.717) is 0 Å². The maximum absolute atomic E-state index is 9.22. The number of unbranched alkanes of at least 4 members (excludes halogenated alkanes) is 30. The van der Waals surface area contributed by atoms with Crippen LogP contribution < -0.4 is 9.47 Å². The van der Waals surface area contributed by atoms with Gasteiger partial charge in [0.1, 0.15) is 7.05 Å². The molecule has 2 rings (SSSR count). The molecule has 0 aliphatic rings. The summed E-state index contributed by atoms with van der Waals surface area (Å²) in [4.78, 5) is 2.70. The van der Waals surface area contributed by atoms with Crippen LogP contribution in [0, 0.1) is 0 Å². The normalized spacial score (nSPS) is 11.4. The minimum Gasteiger partial charge on any atom is -0.726 e. The van der Waals surface area contributed by atoms with Gasteiger partial charge in [0.05, 0.1) is 7.11 Å². The Hall–Kier alpha value is -1.96. The molecular weight excluding hydrogens is 713 g/mol. The molecule has 7 heteroatoms. The first-order valence-electron chi connectivity index (χ1n) is 23.6. The molecular formula is C49H88N2O4S. The van der Waals surface area contributed by atoms with Gasteiger partial charge in [0.15, 0.2) is 12.4 Å². The van der Waals surface area contributed by atoms with Gasteiger partial charge >= 0.3 is 0 Å². The third-order valence-corrected chi connectivity index (χ3v) is 11.7. The molecule has 0 bridgehead atoms. The summed E-state index contributed by atoms with van der Waals surface area (Å²) in [6.07, 6.45) is 50.2. The predicted molar refractivity (Wildman–Crippen MR) is 241 cm³/mol. The average Bonchev–Trinajstić information content (AvgIpc) is 3.20. The standard InChI is InChI=1S/C48H85N2.CH4O4S/c1-4-6-8-10-12-14-16-18-20-22-24-26-28-30-32-34-42-50(48-38-36-46(37-39-48)47-40-44-49(3)45-41-47)43-35-33-31-29-27-25-23-21-19-17-15-13-11-9-7-5-2;1-5-6(2,3)4/h36-41,44-45H,4-35,42-43H2,1-3H3;1H3,(H,2,3,4)/q+1;/p-1. The number of hydrogen-bond acceptors (Lipinski definition) is 5. The topological polar surface area (TPSA) is 73.5 Å². The number of anilines is 1. The van der Waals surface area contributed by atoms with Crippen LogP contribution in [0.15, 0.2) is 48.8 Å². The summed E-state index contributed by atoms with van der Waals surface area (Å²) in [5, 5.41) is 0. The highest BCUT2D eigenvalue weighted by molar-refractivity contribution is 7.80. The van der Waals surface area contributed by atoms with E-state index in [1.54, 1.807) is 0 Å². The van der Waals surface area contributed by atoms with Gasteiger partial charge in [-0.2, -0.15) is 0 Å². The minimum atomic E-state index is -4.41. The van der Waals surface area contributed by atoms with Crippen LogP contribution in [0.25, 0.3) is 11.1 Å². The van der Waals surface area contributed by atoms with Crippen molar-refractivity contribution in [3.63, 3.8) is 0 Å². The first-order valence-corrected chi connectivity index (χ1v) is 25.0. The molecule has 0 aliphatic carbocycles. The van der Waals surface area contributed by atoms with Crippen LogP contribution in [0.5, 0.6) is 0 Å². The van der Waals surface area contributed by atoms with Gasteiger partial charge < -0.3 is 9.45 Å². The molecule has 0 saturated heterocycles. The van der Waals surface area contributed by atoms with E-state index >= 15 is 0 Å². The van der Waals surface area contributed by atoms with Crippen molar-refractivity contribution in [2.75, 3.05) is 25.1 Å². The van der Waals surface area contributed by atoms with Crippen LogP contribution in [0.4, 0.5) is 5.69 Å². The molecule has 0 aliphatic heterocycles. The maximum atomic E-state index is 9.22. The number of rotatable bonds is 37. The van der Waals surface area contributed by atoms with Gasteiger partial charge in [0.2, 0.25) is 10.4 Å². The van der Waals surface area contributed by atoms with E-state index in [1.807, 2.05) is 0 Å². The second-order valence-corrected chi connectivity index (χ2v) is 17.6. The van der Waals surface area contributed by atoms with Crippen molar-refractivity contribution in [3.8, 4) is 11.1 Å². The van der Waals surface area contributed by atoms with Crippen molar-refractivity contribution in [1.29, 1.82) is 0 Å². The fraction of sp³-hybridized carbons (Fsp3) is 0.776. The second kappa shape index (κ2) is 37.3. The average molecular weight is 801 g/mol. The van der Waals surface area contributed by atoms with Crippen LogP contribution >= 0.6 is 0 Å². The molecule has 0 saturated carbocycles. The molecule has 0 amide bonds. The van der Waals surface area contributed by atoms with E-state index in [4.69, 9.17) is 0 Å². The van der Waals surface area contributed by atoms with Gasteiger partial charge in [-0.1, -0.05) is 219 Å².